The van der Waals surface area contributed by atoms with Crippen molar-refractivity contribution >= 4 is 17.9 Å². The molecule has 2 aromatic rings. The van der Waals surface area contributed by atoms with E-state index >= 15 is 0 Å². The van der Waals surface area contributed by atoms with Gasteiger partial charge in [0.05, 0.1) is 7.11 Å². The van der Waals surface area contributed by atoms with Gasteiger partial charge in [-0.05, 0) is 111 Å². The molecule has 7 unspecified atom stereocenters. The fraction of sp³-hybridized carbons (Fsp3) is 0.562. The second kappa shape index (κ2) is 20.4. The molecular weight excluding hydrogens is 797 g/mol. The Kier molecular flexibility index (Phi) is 14.8. The van der Waals surface area contributed by atoms with Gasteiger partial charge < -0.3 is 47.5 Å². The van der Waals surface area contributed by atoms with Crippen LogP contribution in [0.1, 0.15) is 94.4 Å². The minimum atomic E-state index is -1.22. The number of hydrogen-bond acceptors (Lipinski definition) is 14. The number of fused-ring (bicyclic) bond motifs is 6. The molecule has 0 aromatic heterocycles. The lowest BCUT2D eigenvalue weighted by Gasteiger charge is -2.32. The molecule has 4 aliphatic heterocycles. The van der Waals surface area contributed by atoms with Crippen molar-refractivity contribution in [2.45, 2.75) is 115 Å². The zero-order chi connectivity index (χ0) is 43.9. The third-order valence-corrected chi connectivity index (χ3v) is 12.6. The minimum absolute atomic E-state index is 0.0243. The molecule has 62 heavy (non-hydrogen) atoms. The monoisotopic (exact) mass is 858 g/mol. The first-order valence-electron chi connectivity index (χ1n) is 22.0. The van der Waals surface area contributed by atoms with E-state index in [1.54, 1.807) is 19.3 Å². The molecule has 0 saturated heterocycles. The summed E-state index contributed by atoms with van der Waals surface area (Å²) < 4.78 is 52.8. The number of allylic oxidation sites excluding steroid dienone is 1. The van der Waals surface area contributed by atoms with Crippen LogP contribution in [-0.4, -0.2) is 119 Å². The van der Waals surface area contributed by atoms with Gasteiger partial charge in [-0.1, -0.05) is 32.1 Å². The normalized spacial score (nSPS) is 23.3. The third kappa shape index (κ3) is 9.77. The Bertz CT molecular complexity index is 2050. The van der Waals surface area contributed by atoms with Crippen molar-refractivity contribution in [1.29, 1.82) is 0 Å². The van der Waals surface area contributed by atoms with Gasteiger partial charge in [0.1, 0.15) is 11.9 Å². The zero-order valence-corrected chi connectivity index (χ0v) is 37.1. The van der Waals surface area contributed by atoms with Gasteiger partial charge in [0.15, 0.2) is 35.2 Å². The standard InChI is InChI=1S/C48H62N2O12/c1-8-17-49-19-15-31-21-39-41(58-27-56-39)23-33(31)35(26-49)45(29(4)10-3)61-48(53)38(60-30(5)51)14-12-11-13-37(54-6)47(52)62-46-43(55-7)25-36-44(46)34-24-42-40(57-28-59-42)22-32(34)16-20-50(36)18-9-2/h10-12,21-25,35-38,44-46H,8-9,13-20,26-28H2,1-7H3/b12-11+,29-10-. The van der Waals surface area contributed by atoms with Crippen LogP contribution < -0.4 is 18.9 Å². The van der Waals surface area contributed by atoms with E-state index in [-0.39, 0.29) is 44.3 Å². The summed E-state index contributed by atoms with van der Waals surface area (Å²) in [5.74, 6) is 1.08. The minimum Gasteiger partial charge on any atom is -0.497 e. The molecule has 1 aliphatic carbocycles. The van der Waals surface area contributed by atoms with Gasteiger partial charge in [0, 0.05) is 64.4 Å². The topological polar surface area (TPSA) is 141 Å². The molecule has 0 amide bonds. The van der Waals surface area contributed by atoms with Crippen LogP contribution in [-0.2, 0) is 50.9 Å². The molecule has 5 aliphatic rings. The number of methoxy groups -OCH3 is 2. The van der Waals surface area contributed by atoms with E-state index in [4.69, 9.17) is 42.6 Å². The quantitative estimate of drug-likeness (QED) is 0.0967. The maximum Gasteiger partial charge on any atom is 0.348 e. The lowest BCUT2D eigenvalue weighted by Crippen LogP contribution is -2.41. The van der Waals surface area contributed by atoms with Crippen LogP contribution in [0.15, 0.2) is 59.9 Å². The number of nitrogens with zero attached hydrogens (tertiary/aromatic N) is 2. The number of hydrogen-bond donors (Lipinski definition) is 0. The largest absolute Gasteiger partial charge is 0.497 e. The average Bonchev–Trinajstić information content (AvgIpc) is 3.97. The predicted molar refractivity (Wildman–Crippen MR) is 229 cm³/mol. The van der Waals surface area contributed by atoms with Crippen molar-refractivity contribution in [3.63, 3.8) is 0 Å². The highest BCUT2D eigenvalue weighted by molar-refractivity contribution is 5.79. The van der Waals surface area contributed by atoms with E-state index in [0.29, 0.717) is 23.8 Å². The third-order valence-electron chi connectivity index (χ3n) is 12.6. The van der Waals surface area contributed by atoms with Crippen molar-refractivity contribution in [3.8, 4) is 23.0 Å². The first-order chi connectivity index (χ1) is 30.1. The lowest BCUT2D eigenvalue weighted by molar-refractivity contribution is -0.169. The van der Waals surface area contributed by atoms with Crippen molar-refractivity contribution in [2.75, 3.05) is 60.5 Å². The molecule has 0 spiro atoms. The first-order valence-corrected chi connectivity index (χ1v) is 22.0. The van der Waals surface area contributed by atoms with Crippen LogP contribution in [0.25, 0.3) is 0 Å². The molecule has 0 saturated carbocycles. The van der Waals surface area contributed by atoms with E-state index < -0.39 is 42.3 Å². The summed E-state index contributed by atoms with van der Waals surface area (Å²) >= 11 is 0. The van der Waals surface area contributed by atoms with E-state index in [0.717, 1.165) is 91.2 Å². The zero-order valence-electron chi connectivity index (χ0n) is 37.1. The van der Waals surface area contributed by atoms with Gasteiger partial charge in [0.2, 0.25) is 19.7 Å². The number of carbonyl (C=O) groups is 3. The lowest BCUT2D eigenvalue weighted by atomic mass is 9.86. The molecule has 0 radical (unpaired) electrons. The summed E-state index contributed by atoms with van der Waals surface area (Å²) in [7, 11) is 3.05. The number of ether oxygens (including phenoxy) is 9. The summed E-state index contributed by atoms with van der Waals surface area (Å²) in [4.78, 5) is 45.2. The van der Waals surface area contributed by atoms with Crippen LogP contribution >= 0.6 is 0 Å². The molecular formula is C48H62N2O12. The summed E-state index contributed by atoms with van der Waals surface area (Å²) in [5.41, 5.74) is 5.21. The van der Waals surface area contributed by atoms with Crippen molar-refractivity contribution in [3.05, 3.63) is 82.2 Å². The Morgan fingerprint density at radius 2 is 1.40 bits per heavy atom. The van der Waals surface area contributed by atoms with Crippen molar-refractivity contribution in [1.82, 2.24) is 9.80 Å². The summed E-state index contributed by atoms with van der Waals surface area (Å²) in [6.45, 7) is 13.9. The van der Waals surface area contributed by atoms with Crippen LogP contribution in [0.2, 0.25) is 0 Å². The van der Waals surface area contributed by atoms with Gasteiger partial charge in [-0.25, -0.2) is 9.59 Å². The van der Waals surface area contributed by atoms with Crippen molar-refractivity contribution in [2.24, 2.45) is 0 Å². The van der Waals surface area contributed by atoms with Gasteiger partial charge in [0.25, 0.3) is 0 Å². The van der Waals surface area contributed by atoms with Gasteiger partial charge in [-0.15, -0.1) is 0 Å². The van der Waals surface area contributed by atoms with E-state index in [2.05, 4.69) is 29.7 Å². The van der Waals surface area contributed by atoms with Gasteiger partial charge in [-0.3, -0.25) is 9.69 Å². The maximum absolute atomic E-state index is 14.1. The molecule has 7 atom stereocenters. The highest BCUT2D eigenvalue weighted by Crippen LogP contribution is 2.47. The molecule has 4 heterocycles. The number of carbonyl (C=O) groups excluding carboxylic acids is 3. The summed E-state index contributed by atoms with van der Waals surface area (Å²) in [6.07, 6.45) is 7.67. The van der Waals surface area contributed by atoms with Crippen LogP contribution in [0.4, 0.5) is 0 Å². The molecule has 2 aromatic carbocycles. The number of benzene rings is 2. The molecule has 14 heteroatoms. The molecule has 336 valence electrons. The van der Waals surface area contributed by atoms with Crippen LogP contribution in [0, 0.1) is 0 Å². The predicted octanol–water partition coefficient (Wildman–Crippen LogP) is 6.53. The van der Waals surface area contributed by atoms with Gasteiger partial charge >= 0.3 is 17.9 Å². The highest BCUT2D eigenvalue weighted by atomic mass is 16.7. The van der Waals surface area contributed by atoms with Crippen LogP contribution in [0.5, 0.6) is 23.0 Å². The Labute approximate surface area is 365 Å². The molecule has 0 N–H and O–H groups in total. The van der Waals surface area contributed by atoms with Crippen LogP contribution in [0.3, 0.4) is 0 Å². The Balaban J connectivity index is 1.05. The van der Waals surface area contributed by atoms with E-state index in [1.807, 2.05) is 44.2 Å². The SMILES string of the molecule is C/C=C(/C)C(OC(=O)C(C/C=C/CC(OC)C(=O)OC1C(OC)=CC2C1c1cc3c(cc1CCN2CCC)OCO3)OC(C)=O)C1CN(CCC)CCc2cc3c(cc21)OCO3. The second-order valence-corrected chi connectivity index (χ2v) is 16.6. The summed E-state index contributed by atoms with van der Waals surface area (Å²) in [6, 6.07) is 8.08. The Morgan fingerprint density at radius 1 is 0.790 bits per heavy atom. The fourth-order valence-corrected chi connectivity index (χ4v) is 9.47. The molecule has 7 rings (SSSR count). The second-order valence-electron chi connectivity index (χ2n) is 16.6. The van der Waals surface area contributed by atoms with Gasteiger partial charge in [-0.2, -0.15) is 0 Å². The highest BCUT2D eigenvalue weighted by Gasteiger charge is 2.47. The molecule has 0 bridgehead atoms. The Hall–Kier alpha value is -5.05. The number of rotatable bonds is 17. The molecule has 0 fully saturated rings. The number of esters is 3. The molecule has 14 nitrogen and oxygen atoms in total. The van der Waals surface area contributed by atoms with E-state index in [1.165, 1.54) is 14.0 Å². The summed E-state index contributed by atoms with van der Waals surface area (Å²) in [5, 5.41) is 0. The van der Waals surface area contributed by atoms with Crippen molar-refractivity contribution < 1.29 is 57.0 Å². The fourth-order valence-electron chi connectivity index (χ4n) is 9.47. The van der Waals surface area contributed by atoms with E-state index in [9.17, 15) is 14.4 Å². The first kappa shape index (κ1) is 45.0. The maximum atomic E-state index is 14.1. The smallest absolute Gasteiger partial charge is 0.348 e. The average molecular weight is 859 g/mol. The Morgan fingerprint density at radius 3 is 2.02 bits per heavy atom.